The van der Waals surface area contributed by atoms with E-state index in [-0.39, 0.29) is 0 Å². The number of ether oxygens (including phenoxy) is 1. The van der Waals surface area contributed by atoms with E-state index < -0.39 is 21.8 Å². The standard InChI is InChI=1S/C8H14O.C3H6F2O3S/c1-9-8-5-6-2-3-7(8)4-6;1-3(4,5)2-9(6,7)8/h6-8H,2-5H2,1H3;2H2,1H3,(H,6,7,8)/p-1. The highest BCUT2D eigenvalue weighted by atomic mass is 32.2. The first-order valence-electron chi connectivity index (χ1n) is 5.95. The van der Waals surface area contributed by atoms with Crippen LogP contribution in [0.1, 0.15) is 32.6 Å². The monoisotopic (exact) mass is 285 g/mol. The van der Waals surface area contributed by atoms with Gasteiger partial charge in [0.2, 0.25) is 0 Å². The Morgan fingerprint density at radius 2 is 1.94 bits per heavy atom. The van der Waals surface area contributed by atoms with Crippen molar-refractivity contribution in [1.29, 1.82) is 0 Å². The van der Waals surface area contributed by atoms with Crippen LogP contribution in [0.4, 0.5) is 8.78 Å². The Morgan fingerprint density at radius 1 is 1.33 bits per heavy atom. The lowest BCUT2D eigenvalue weighted by Crippen LogP contribution is -2.23. The average Bonchev–Trinajstić information content (AvgIpc) is 2.72. The van der Waals surface area contributed by atoms with E-state index in [1.165, 1.54) is 25.7 Å². The molecule has 0 amide bonds. The fourth-order valence-electron chi connectivity index (χ4n) is 2.79. The molecule has 0 heterocycles. The molecule has 4 nitrogen and oxygen atoms in total. The second-order valence-electron chi connectivity index (χ2n) is 5.22. The molecule has 0 saturated heterocycles. The fourth-order valence-corrected chi connectivity index (χ4v) is 3.41. The normalized spacial score (nSPS) is 31.1. The number of hydrogen-bond donors (Lipinski definition) is 0. The van der Waals surface area contributed by atoms with E-state index in [0.717, 1.165) is 11.8 Å². The summed E-state index contributed by atoms with van der Waals surface area (Å²) in [7, 11) is -2.93. The minimum Gasteiger partial charge on any atom is -0.748 e. The van der Waals surface area contributed by atoms with E-state index in [9.17, 15) is 21.8 Å². The largest absolute Gasteiger partial charge is 0.748 e. The van der Waals surface area contributed by atoms with Crippen LogP contribution in [0.2, 0.25) is 0 Å². The summed E-state index contributed by atoms with van der Waals surface area (Å²) in [6.07, 6.45) is 6.34. The Bertz CT molecular complexity index is 364. The van der Waals surface area contributed by atoms with Crippen molar-refractivity contribution in [3.05, 3.63) is 0 Å². The molecule has 0 aromatic carbocycles. The Morgan fingerprint density at radius 3 is 2.11 bits per heavy atom. The zero-order chi connectivity index (χ0) is 14.0. The van der Waals surface area contributed by atoms with Crippen molar-refractivity contribution in [2.24, 2.45) is 11.8 Å². The molecule has 2 saturated carbocycles. The lowest BCUT2D eigenvalue weighted by atomic mass is 9.98. The van der Waals surface area contributed by atoms with Crippen LogP contribution in [0.15, 0.2) is 0 Å². The Hall–Kier alpha value is -0.270. The summed E-state index contributed by atoms with van der Waals surface area (Å²) >= 11 is 0. The number of fused-ring (bicyclic) bond motifs is 2. The van der Waals surface area contributed by atoms with Gasteiger partial charge in [-0.05, 0) is 37.5 Å². The molecule has 0 radical (unpaired) electrons. The number of alkyl halides is 2. The molecule has 0 aromatic heterocycles. The molecule has 3 atom stereocenters. The summed E-state index contributed by atoms with van der Waals surface area (Å²) in [6, 6.07) is 0. The molecule has 108 valence electrons. The highest BCUT2D eigenvalue weighted by molar-refractivity contribution is 7.85. The minimum absolute atomic E-state index is 0.377. The lowest BCUT2D eigenvalue weighted by molar-refractivity contribution is 0.0456. The van der Waals surface area contributed by atoms with Crippen molar-refractivity contribution in [2.75, 3.05) is 12.9 Å². The van der Waals surface area contributed by atoms with Gasteiger partial charge in [0.15, 0.2) is 0 Å². The van der Waals surface area contributed by atoms with Gasteiger partial charge in [0.1, 0.15) is 15.9 Å². The van der Waals surface area contributed by atoms with Crippen molar-refractivity contribution >= 4 is 10.1 Å². The molecule has 0 aliphatic heterocycles. The van der Waals surface area contributed by atoms with Gasteiger partial charge in [-0.1, -0.05) is 0 Å². The number of halogens is 2. The zero-order valence-electron chi connectivity index (χ0n) is 10.6. The molecule has 2 aliphatic carbocycles. The van der Waals surface area contributed by atoms with Gasteiger partial charge in [-0.25, -0.2) is 17.2 Å². The number of hydrogen-bond acceptors (Lipinski definition) is 4. The molecular weight excluding hydrogens is 266 g/mol. The maximum absolute atomic E-state index is 11.6. The summed E-state index contributed by atoms with van der Waals surface area (Å²) in [4.78, 5) is 0. The molecule has 0 spiro atoms. The smallest absolute Gasteiger partial charge is 0.258 e. The summed E-state index contributed by atoms with van der Waals surface area (Å²) in [6.45, 7) is 0.377. The van der Waals surface area contributed by atoms with Gasteiger partial charge in [-0.15, -0.1) is 0 Å². The van der Waals surface area contributed by atoms with E-state index in [1.807, 2.05) is 7.11 Å². The maximum atomic E-state index is 11.6. The van der Waals surface area contributed by atoms with Gasteiger partial charge in [0.05, 0.1) is 6.10 Å². The lowest BCUT2D eigenvalue weighted by Gasteiger charge is -2.19. The molecule has 2 aliphatic rings. The van der Waals surface area contributed by atoms with E-state index in [2.05, 4.69) is 0 Å². The quantitative estimate of drug-likeness (QED) is 0.744. The van der Waals surface area contributed by atoms with E-state index in [4.69, 9.17) is 4.74 Å². The molecular formula is C11H19F2O4S-. The molecule has 2 fully saturated rings. The second-order valence-corrected chi connectivity index (χ2v) is 6.63. The Labute approximate surface area is 106 Å². The van der Waals surface area contributed by atoms with Crippen molar-refractivity contribution in [1.82, 2.24) is 0 Å². The molecule has 0 N–H and O–H groups in total. The van der Waals surface area contributed by atoms with Crippen LogP contribution in [0.5, 0.6) is 0 Å². The Kier molecular flexibility index (Phi) is 5.08. The summed E-state index contributed by atoms with van der Waals surface area (Å²) in [5, 5.41) is 0. The van der Waals surface area contributed by atoms with Crippen molar-refractivity contribution in [3.8, 4) is 0 Å². The summed E-state index contributed by atoms with van der Waals surface area (Å²) in [5.41, 5.74) is 0. The van der Waals surface area contributed by atoms with Crippen LogP contribution in [0, 0.1) is 11.8 Å². The molecule has 0 aromatic rings. The first kappa shape index (κ1) is 15.8. The van der Waals surface area contributed by atoms with E-state index >= 15 is 0 Å². The SMILES string of the molecule is CC(F)(F)CS(=O)(=O)[O-].COC1CC2CCC1C2. The third kappa shape index (κ3) is 5.58. The number of rotatable bonds is 3. The molecule has 2 rings (SSSR count). The van der Waals surface area contributed by atoms with E-state index in [1.54, 1.807) is 0 Å². The highest BCUT2D eigenvalue weighted by Crippen LogP contribution is 2.45. The third-order valence-electron chi connectivity index (χ3n) is 3.41. The molecule has 18 heavy (non-hydrogen) atoms. The van der Waals surface area contributed by atoms with Gasteiger partial charge in [-0.3, -0.25) is 0 Å². The van der Waals surface area contributed by atoms with Gasteiger partial charge >= 0.3 is 0 Å². The predicted molar refractivity (Wildman–Crippen MR) is 61.4 cm³/mol. The van der Waals surface area contributed by atoms with Crippen molar-refractivity contribution < 1.29 is 26.5 Å². The van der Waals surface area contributed by atoms with Crippen molar-refractivity contribution in [3.63, 3.8) is 0 Å². The van der Waals surface area contributed by atoms with E-state index in [0.29, 0.717) is 13.0 Å². The van der Waals surface area contributed by atoms with Crippen LogP contribution in [-0.2, 0) is 14.9 Å². The second kappa shape index (κ2) is 5.79. The number of methoxy groups -OCH3 is 1. The average molecular weight is 285 g/mol. The maximum Gasteiger partial charge on any atom is 0.258 e. The van der Waals surface area contributed by atoms with Crippen LogP contribution in [0.3, 0.4) is 0 Å². The minimum atomic E-state index is -4.78. The Balaban J connectivity index is 0.000000180. The fraction of sp³-hybridized carbons (Fsp3) is 1.00. The van der Waals surface area contributed by atoms with Gasteiger partial charge in [0.25, 0.3) is 5.92 Å². The van der Waals surface area contributed by atoms with Crippen LogP contribution in [-0.4, -0.2) is 37.9 Å². The van der Waals surface area contributed by atoms with Crippen molar-refractivity contribution in [2.45, 2.75) is 44.6 Å². The van der Waals surface area contributed by atoms with Crippen LogP contribution >= 0.6 is 0 Å². The van der Waals surface area contributed by atoms with Crippen LogP contribution < -0.4 is 0 Å². The first-order chi connectivity index (χ1) is 8.11. The third-order valence-corrected chi connectivity index (χ3v) is 4.27. The summed E-state index contributed by atoms with van der Waals surface area (Å²) in [5.74, 6) is -3.08. The highest BCUT2D eigenvalue weighted by Gasteiger charge is 2.39. The van der Waals surface area contributed by atoms with Gasteiger partial charge < -0.3 is 9.29 Å². The topological polar surface area (TPSA) is 66.4 Å². The molecule has 2 bridgehead atoms. The first-order valence-corrected chi connectivity index (χ1v) is 7.52. The van der Waals surface area contributed by atoms with Gasteiger partial charge in [-0.2, -0.15) is 0 Å². The zero-order valence-corrected chi connectivity index (χ0v) is 11.4. The van der Waals surface area contributed by atoms with Gasteiger partial charge in [0, 0.05) is 14.0 Å². The summed E-state index contributed by atoms with van der Waals surface area (Å²) < 4.78 is 57.5. The predicted octanol–water partition coefficient (Wildman–Crippen LogP) is 2.01. The molecule has 3 unspecified atom stereocenters. The van der Waals surface area contributed by atoms with Crippen LogP contribution in [0.25, 0.3) is 0 Å². The molecule has 7 heteroatoms.